The Bertz CT molecular complexity index is 1380. The summed E-state index contributed by atoms with van der Waals surface area (Å²) in [4.78, 5) is 27.2. The molecule has 0 saturated carbocycles. The van der Waals surface area contributed by atoms with Crippen molar-refractivity contribution in [3.8, 4) is 0 Å². The number of hydrogen-bond donors (Lipinski definition) is 1. The second-order valence-corrected chi connectivity index (χ2v) is 10.00. The minimum absolute atomic E-state index is 0.00511. The molecule has 1 N–H and O–H groups in total. The van der Waals surface area contributed by atoms with Crippen LogP contribution in [-0.2, 0) is 20.9 Å². The molecule has 2 aliphatic rings. The number of ketones is 1. The Morgan fingerprint density at radius 3 is 2.36 bits per heavy atom. The number of carbonyl (C=O) groups excluding carboxylic acids is 2. The lowest BCUT2D eigenvalue weighted by molar-refractivity contribution is -0.140. The first-order chi connectivity index (χ1) is 17.4. The van der Waals surface area contributed by atoms with Crippen molar-refractivity contribution in [3.05, 3.63) is 128 Å². The zero-order chi connectivity index (χ0) is 25.2. The molecule has 1 aliphatic carbocycles. The van der Waals surface area contributed by atoms with Crippen molar-refractivity contribution in [1.29, 1.82) is 0 Å². The molecule has 0 spiro atoms. The van der Waals surface area contributed by atoms with E-state index in [0.29, 0.717) is 45.3 Å². The maximum atomic E-state index is 13.7. The van der Waals surface area contributed by atoms with E-state index in [1.54, 1.807) is 18.2 Å². The van der Waals surface area contributed by atoms with E-state index in [4.69, 9.17) is 27.9 Å². The SMILES string of the molecule is CC1=C(C(=O)OCc2ccccc2)C(c2ccc(Cl)cc2Cl)C2=C(CC(c3ccccc3)CC2=O)N1. The first kappa shape index (κ1) is 24.4. The van der Waals surface area contributed by atoms with Crippen molar-refractivity contribution in [3.63, 3.8) is 0 Å². The fraction of sp³-hybridized carbons (Fsp3) is 0.200. The van der Waals surface area contributed by atoms with Crippen LogP contribution < -0.4 is 5.32 Å². The van der Waals surface area contributed by atoms with E-state index in [1.165, 1.54) is 0 Å². The van der Waals surface area contributed by atoms with Gasteiger partial charge >= 0.3 is 5.97 Å². The van der Waals surface area contributed by atoms with Crippen LogP contribution in [0.5, 0.6) is 0 Å². The summed E-state index contributed by atoms with van der Waals surface area (Å²) in [7, 11) is 0. The highest BCUT2D eigenvalue weighted by Gasteiger charge is 2.42. The molecule has 0 saturated heterocycles. The van der Waals surface area contributed by atoms with E-state index in [0.717, 1.165) is 16.8 Å². The third kappa shape index (κ3) is 4.84. The van der Waals surface area contributed by atoms with Crippen molar-refractivity contribution in [2.75, 3.05) is 0 Å². The van der Waals surface area contributed by atoms with Gasteiger partial charge in [-0.3, -0.25) is 4.79 Å². The molecule has 36 heavy (non-hydrogen) atoms. The Balaban J connectivity index is 1.54. The van der Waals surface area contributed by atoms with Gasteiger partial charge < -0.3 is 10.1 Å². The Kier molecular flexibility index (Phi) is 6.99. The molecule has 2 atom stereocenters. The van der Waals surface area contributed by atoms with Crippen LogP contribution in [0.25, 0.3) is 0 Å². The van der Waals surface area contributed by atoms with Gasteiger partial charge in [-0.15, -0.1) is 0 Å². The number of dihydropyridines is 1. The lowest BCUT2D eigenvalue weighted by atomic mass is 9.71. The summed E-state index contributed by atoms with van der Waals surface area (Å²) in [6, 6.07) is 24.7. The normalized spacial score (nSPS) is 19.6. The van der Waals surface area contributed by atoms with Gasteiger partial charge in [0.15, 0.2) is 5.78 Å². The molecule has 5 rings (SSSR count). The summed E-state index contributed by atoms with van der Waals surface area (Å²) in [6.45, 7) is 1.98. The van der Waals surface area contributed by atoms with E-state index in [1.807, 2.05) is 55.5 Å². The monoisotopic (exact) mass is 517 g/mol. The fourth-order valence-corrected chi connectivity index (χ4v) is 5.64. The molecule has 4 nitrogen and oxygen atoms in total. The maximum Gasteiger partial charge on any atom is 0.337 e. The van der Waals surface area contributed by atoms with Crippen LogP contribution in [0.15, 0.2) is 101 Å². The molecule has 182 valence electrons. The van der Waals surface area contributed by atoms with Crippen LogP contribution in [0, 0.1) is 0 Å². The number of rotatable bonds is 5. The molecular formula is C30H25Cl2NO3. The van der Waals surface area contributed by atoms with Gasteiger partial charge in [0.2, 0.25) is 0 Å². The van der Waals surface area contributed by atoms with Gasteiger partial charge in [0.25, 0.3) is 0 Å². The Hall–Kier alpha value is -3.34. The van der Waals surface area contributed by atoms with Gasteiger partial charge in [-0.25, -0.2) is 4.79 Å². The van der Waals surface area contributed by atoms with Crippen LogP contribution in [-0.4, -0.2) is 11.8 Å². The second kappa shape index (κ2) is 10.3. The number of nitrogens with one attached hydrogen (secondary N) is 1. The number of ether oxygens (including phenoxy) is 1. The zero-order valence-electron chi connectivity index (χ0n) is 19.8. The van der Waals surface area contributed by atoms with Crippen LogP contribution in [0.2, 0.25) is 10.0 Å². The number of benzene rings is 3. The summed E-state index contributed by atoms with van der Waals surface area (Å²) in [5, 5.41) is 4.27. The molecule has 6 heteroatoms. The first-order valence-corrected chi connectivity index (χ1v) is 12.6. The second-order valence-electron chi connectivity index (χ2n) is 9.16. The molecule has 0 fully saturated rings. The van der Waals surface area contributed by atoms with E-state index in [2.05, 4.69) is 17.4 Å². The lowest BCUT2D eigenvalue weighted by Gasteiger charge is -2.37. The molecular weight excluding hydrogens is 493 g/mol. The lowest BCUT2D eigenvalue weighted by Crippen LogP contribution is -2.36. The molecule has 1 aliphatic heterocycles. The number of halogens is 2. The molecule has 3 aromatic carbocycles. The summed E-state index contributed by atoms with van der Waals surface area (Å²) >= 11 is 12.8. The fourth-order valence-electron chi connectivity index (χ4n) is 5.12. The van der Waals surface area contributed by atoms with Crippen LogP contribution in [0.4, 0.5) is 0 Å². The Morgan fingerprint density at radius 2 is 1.67 bits per heavy atom. The van der Waals surface area contributed by atoms with Crippen LogP contribution in [0.1, 0.15) is 48.3 Å². The highest BCUT2D eigenvalue weighted by atomic mass is 35.5. The van der Waals surface area contributed by atoms with E-state index in [9.17, 15) is 9.59 Å². The van der Waals surface area contributed by atoms with Crippen molar-refractivity contribution in [1.82, 2.24) is 5.32 Å². The third-order valence-corrected chi connectivity index (χ3v) is 7.37. The highest BCUT2D eigenvalue weighted by molar-refractivity contribution is 6.35. The number of carbonyl (C=O) groups is 2. The van der Waals surface area contributed by atoms with Crippen molar-refractivity contribution in [2.45, 2.75) is 38.2 Å². The number of esters is 1. The summed E-state index contributed by atoms with van der Waals surface area (Å²) in [5.41, 5.74) is 5.11. The summed E-state index contributed by atoms with van der Waals surface area (Å²) in [6.07, 6.45) is 1.02. The van der Waals surface area contributed by atoms with Gasteiger partial charge in [-0.1, -0.05) is 89.9 Å². The Labute approximate surface area is 220 Å². The van der Waals surface area contributed by atoms with E-state index in [-0.39, 0.29) is 18.3 Å². The zero-order valence-corrected chi connectivity index (χ0v) is 21.3. The molecule has 0 amide bonds. The van der Waals surface area contributed by atoms with Gasteiger partial charge in [-0.05, 0) is 48.1 Å². The minimum atomic E-state index is -0.640. The largest absolute Gasteiger partial charge is 0.457 e. The molecule has 1 heterocycles. The number of Topliss-reactive ketones (excluding diaryl/α,β-unsaturated/α-hetero) is 1. The average Bonchev–Trinajstić information content (AvgIpc) is 2.87. The number of hydrogen-bond acceptors (Lipinski definition) is 4. The predicted octanol–water partition coefficient (Wildman–Crippen LogP) is 7.10. The molecule has 0 radical (unpaired) electrons. The first-order valence-electron chi connectivity index (χ1n) is 11.9. The quantitative estimate of drug-likeness (QED) is 0.366. The van der Waals surface area contributed by atoms with Crippen molar-refractivity contribution in [2.24, 2.45) is 0 Å². The van der Waals surface area contributed by atoms with E-state index < -0.39 is 11.9 Å². The smallest absolute Gasteiger partial charge is 0.337 e. The molecule has 2 unspecified atom stereocenters. The van der Waals surface area contributed by atoms with E-state index >= 15 is 0 Å². The summed E-state index contributed by atoms with van der Waals surface area (Å²) < 4.78 is 5.72. The van der Waals surface area contributed by atoms with Crippen molar-refractivity contribution < 1.29 is 14.3 Å². The van der Waals surface area contributed by atoms with Gasteiger partial charge in [0, 0.05) is 39.4 Å². The minimum Gasteiger partial charge on any atom is -0.457 e. The molecule has 0 bridgehead atoms. The third-order valence-electron chi connectivity index (χ3n) is 6.80. The standard InChI is InChI=1S/C30H25Cl2NO3/c1-18-27(30(35)36-17-19-8-4-2-5-9-19)28(23-13-12-22(31)16-24(23)32)29-25(33-18)14-21(15-26(29)34)20-10-6-3-7-11-20/h2-13,16,21,28,33H,14-15,17H2,1H3. The number of allylic oxidation sites excluding steroid dienone is 3. The average molecular weight is 518 g/mol. The van der Waals surface area contributed by atoms with Crippen molar-refractivity contribution >= 4 is 35.0 Å². The van der Waals surface area contributed by atoms with Gasteiger partial charge in [0.05, 0.1) is 5.57 Å². The Morgan fingerprint density at radius 1 is 0.972 bits per heavy atom. The summed E-state index contributed by atoms with van der Waals surface area (Å²) in [5.74, 6) is -1.07. The van der Waals surface area contributed by atoms with Gasteiger partial charge in [-0.2, -0.15) is 0 Å². The highest BCUT2D eigenvalue weighted by Crippen LogP contribution is 2.47. The maximum absolute atomic E-state index is 13.7. The van der Waals surface area contributed by atoms with Crippen LogP contribution in [0.3, 0.4) is 0 Å². The predicted molar refractivity (Wildman–Crippen MR) is 142 cm³/mol. The van der Waals surface area contributed by atoms with Crippen LogP contribution >= 0.6 is 23.2 Å². The van der Waals surface area contributed by atoms with Gasteiger partial charge in [0.1, 0.15) is 6.61 Å². The molecule has 0 aromatic heterocycles. The molecule has 3 aromatic rings. The topological polar surface area (TPSA) is 55.4 Å².